The van der Waals surface area contributed by atoms with E-state index in [0.29, 0.717) is 28.3 Å². The van der Waals surface area contributed by atoms with Crippen molar-refractivity contribution in [3.8, 4) is 0 Å². The summed E-state index contributed by atoms with van der Waals surface area (Å²) in [4.78, 5) is 38.9. The van der Waals surface area contributed by atoms with Gasteiger partial charge in [0.2, 0.25) is 5.91 Å². The molecule has 6 heteroatoms. The lowest BCUT2D eigenvalue weighted by molar-refractivity contribution is -0.136. The highest BCUT2D eigenvalue weighted by atomic mass is 32.2. The third kappa shape index (κ3) is 5.71. The molecule has 1 aromatic carbocycles. The van der Waals surface area contributed by atoms with E-state index in [4.69, 9.17) is 0 Å². The number of imide groups is 1. The van der Waals surface area contributed by atoms with Crippen molar-refractivity contribution in [2.24, 2.45) is 0 Å². The molecule has 0 radical (unpaired) electrons. The number of nitrogens with zero attached hydrogens (tertiary/aromatic N) is 1. The zero-order valence-electron chi connectivity index (χ0n) is 17.0. The van der Waals surface area contributed by atoms with Gasteiger partial charge >= 0.3 is 0 Å². The van der Waals surface area contributed by atoms with E-state index in [0.717, 1.165) is 25.0 Å². The van der Waals surface area contributed by atoms with Gasteiger partial charge in [-0.25, -0.2) is 0 Å². The molecule has 0 aliphatic carbocycles. The Morgan fingerprint density at radius 3 is 2.21 bits per heavy atom. The summed E-state index contributed by atoms with van der Waals surface area (Å²) >= 11 is 1.42. The van der Waals surface area contributed by atoms with Gasteiger partial charge in [0.25, 0.3) is 11.8 Å². The predicted molar refractivity (Wildman–Crippen MR) is 116 cm³/mol. The molecule has 3 amide bonds. The summed E-state index contributed by atoms with van der Waals surface area (Å²) in [5.74, 6) is 0.201. The number of anilines is 1. The lowest BCUT2D eigenvalue weighted by Crippen LogP contribution is -2.32. The Balaban J connectivity index is 2.11. The second-order valence-corrected chi connectivity index (χ2v) is 8.20. The van der Waals surface area contributed by atoms with Gasteiger partial charge in [0.15, 0.2) is 0 Å². The molecule has 1 N–H and O–H groups in total. The van der Waals surface area contributed by atoms with Crippen LogP contribution >= 0.6 is 11.8 Å². The van der Waals surface area contributed by atoms with Crippen LogP contribution in [0.1, 0.15) is 64.9 Å². The number of hydrogen-bond acceptors (Lipinski definition) is 4. The van der Waals surface area contributed by atoms with Crippen molar-refractivity contribution in [3.05, 3.63) is 34.7 Å². The van der Waals surface area contributed by atoms with Crippen molar-refractivity contribution in [3.63, 3.8) is 0 Å². The summed E-state index contributed by atoms with van der Waals surface area (Å²) < 4.78 is 0. The van der Waals surface area contributed by atoms with Crippen molar-refractivity contribution in [1.82, 2.24) is 4.90 Å². The number of nitrogens with one attached hydrogen (secondary N) is 1. The maximum absolute atomic E-state index is 13.0. The van der Waals surface area contributed by atoms with Gasteiger partial charge in [-0.1, -0.05) is 58.1 Å². The fraction of sp³-hybridized carbons (Fsp3) is 0.500. The largest absolute Gasteiger partial charge is 0.326 e. The van der Waals surface area contributed by atoms with Crippen LogP contribution in [0.3, 0.4) is 0 Å². The Kier molecular flexibility index (Phi) is 8.77. The Labute approximate surface area is 171 Å². The van der Waals surface area contributed by atoms with Crippen LogP contribution in [0.4, 0.5) is 5.69 Å². The van der Waals surface area contributed by atoms with Gasteiger partial charge in [-0.15, -0.1) is 11.8 Å². The molecule has 1 aliphatic rings. The number of amides is 3. The third-order valence-corrected chi connectivity index (χ3v) is 5.60. The smallest absolute Gasteiger partial charge is 0.267 e. The predicted octanol–water partition coefficient (Wildman–Crippen LogP) is 4.84. The minimum atomic E-state index is -0.207. The minimum Gasteiger partial charge on any atom is -0.326 e. The highest BCUT2D eigenvalue weighted by Gasteiger charge is 2.38. The van der Waals surface area contributed by atoms with E-state index in [1.54, 1.807) is 24.3 Å². The molecule has 2 rings (SSSR count). The molecule has 0 unspecified atom stereocenters. The van der Waals surface area contributed by atoms with E-state index in [1.807, 2.05) is 6.92 Å². The first kappa shape index (κ1) is 22.2. The lowest BCUT2D eigenvalue weighted by atomic mass is 10.1. The lowest BCUT2D eigenvalue weighted by Gasteiger charge is -2.15. The van der Waals surface area contributed by atoms with Crippen molar-refractivity contribution < 1.29 is 14.4 Å². The van der Waals surface area contributed by atoms with Crippen molar-refractivity contribution in [2.75, 3.05) is 17.6 Å². The first-order valence-corrected chi connectivity index (χ1v) is 11.1. The number of carbonyl (C=O) groups excluding carboxylic acids is 3. The molecular formula is C22H30N2O3S. The van der Waals surface area contributed by atoms with Gasteiger partial charge in [-0.05, 0) is 29.9 Å². The quantitative estimate of drug-likeness (QED) is 0.425. The number of unbranched alkanes of at least 4 members (excludes halogenated alkanes) is 5. The highest BCUT2D eigenvalue weighted by Crippen LogP contribution is 2.36. The molecule has 1 aromatic rings. The zero-order valence-corrected chi connectivity index (χ0v) is 17.9. The summed E-state index contributed by atoms with van der Waals surface area (Å²) in [6, 6.07) is 7.09. The van der Waals surface area contributed by atoms with E-state index in [2.05, 4.69) is 12.2 Å². The molecule has 0 saturated carbocycles. The van der Waals surface area contributed by atoms with Crippen LogP contribution in [0.25, 0.3) is 5.57 Å². The Morgan fingerprint density at radius 1 is 0.964 bits per heavy atom. The highest BCUT2D eigenvalue weighted by molar-refractivity contribution is 8.04. The average molecular weight is 403 g/mol. The van der Waals surface area contributed by atoms with Crippen molar-refractivity contribution in [1.29, 1.82) is 0 Å². The summed E-state index contributed by atoms with van der Waals surface area (Å²) in [7, 11) is 0. The normalized spacial score (nSPS) is 14.2. The monoisotopic (exact) mass is 402 g/mol. The number of thioether (sulfide) groups is 1. The van der Waals surface area contributed by atoms with E-state index in [1.165, 1.54) is 42.8 Å². The van der Waals surface area contributed by atoms with Crippen LogP contribution in [0.5, 0.6) is 0 Å². The molecule has 0 aromatic heterocycles. The van der Waals surface area contributed by atoms with Gasteiger partial charge in [0.1, 0.15) is 0 Å². The number of carbonyl (C=O) groups is 3. The number of rotatable bonds is 11. The molecule has 1 aliphatic heterocycles. The Morgan fingerprint density at radius 2 is 1.61 bits per heavy atom. The summed E-state index contributed by atoms with van der Waals surface area (Å²) in [5.41, 5.74) is 1.87. The number of hydrogen-bond donors (Lipinski definition) is 1. The molecular weight excluding hydrogens is 372 g/mol. The van der Waals surface area contributed by atoms with Gasteiger partial charge < -0.3 is 5.32 Å². The van der Waals surface area contributed by atoms with Crippen LogP contribution < -0.4 is 5.32 Å². The van der Waals surface area contributed by atoms with E-state index in [-0.39, 0.29) is 17.7 Å². The summed E-state index contributed by atoms with van der Waals surface area (Å²) in [5, 5.41) is 2.71. The molecule has 5 nitrogen and oxygen atoms in total. The Hall–Kier alpha value is -2.08. The van der Waals surface area contributed by atoms with Crippen LogP contribution in [0.2, 0.25) is 0 Å². The fourth-order valence-corrected chi connectivity index (χ4v) is 4.14. The van der Waals surface area contributed by atoms with Gasteiger partial charge in [0.05, 0.1) is 10.5 Å². The molecule has 0 fully saturated rings. The van der Waals surface area contributed by atoms with Crippen LogP contribution in [0.15, 0.2) is 29.2 Å². The first-order valence-electron chi connectivity index (χ1n) is 10.1. The maximum atomic E-state index is 13.0. The molecule has 152 valence electrons. The van der Waals surface area contributed by atoms with Crippen LogP contribution in [0, 0.1) is 0 Å². The molecule has 0 spiro atoms. The molecule has 1 heterocycles. The van der Waals surface area contributed by atoms with E-state index < -0.39 is 0 Å². The second kappa shape index (κ2) is 11.1. The topological polar surface area (TPSA) is 66.5 Å². The minimum absolute atomic E-state index is 0.147. The molecule has 0 bridgehead atoms. The fourth-order valence-electron chi connectivity index (χ4n) is 3.26. The van der Waals surface area contributed by atoms with E-state index >= 15 is 0 Å². The third-order valence-electron chi connectivity index (χ3n) is 4.64. The second-order valence-electron chi connectivity index (χ2n) is 6.93. The van der Waals surface area contributed by atoms with Gasteiger partial charge in [0, 0.05) is 19.2 Å². The van der Waals surface area contributed by atoms with Gasteiger partial charge in [-0.2, -0.15) is 0 Å². The number of benzene rings is 1. The maximum Gasteiger partial charge on any atom is 0.267 e. The molecule has 28 heavy (non-hydrogen) atoms. The first-order chi connectivity index (χ1) is 13.5. The van der Waals surface area contributed by atoms with Crippen LogP contribution in [-0.4, -0.2) is 34.9 Å². The molecule has 0 saturated heterocycles. The SMILES string of the molecule is CCCCCCCCN1C(=O)C(SCC)=C(c2ccc(NC(C)=O)cc2)C1=O. The van der Waals surface area contributed by atoms with Gasteiger partial charge in [-0.3, -0.25) is 19.3 Å². The zero-order chi connectivity index (χ0) is 20.5. The van der Waals surface area contributed by atoms with E-state index in [9.17, 15) is 14.4 Å². The molecule has 0 atom stereocenters. The standard InChI is InChI=1S/C22H30N2O3S/c1-4-6-7-8-9-10-15-24-21(26)19(20(22(24)27)28-5-2)17-11-13-18(14-12-17)23-16(3)25/h11-14H,4-10,15H2,1-3H3,(H,23,25). The van der Waals surface area contributed by atoms with Crippen LogP contribution in [-0.2, 0) is 14.4 Å². The summed E-state index contributed by atoms with van der Waals surface area (Å²) in [6.07, 6.45) is 6.67. The van der Waals surface area contributed by atoms with Crippen molar-refractivity contribution in [2.45, 2.75) is 59.3 Å². The summed E-state index contributed by atoms with van der Waals surface area (Å²) in [6.45, 7) is 6.09. The average Bonchev–Trinajstić information content (AvgIpc) is 2.89. The Bertz CT molecular complexity index is 741. The van der Waals surface area contributed by atoms with Crippen molar-refractivity contribution >= 4 is 40.7 Å².